The van der Waals surface area contributed by atoms with Gasteiger partial charge in [-0.25, -0.2) is 4.79 Å². The lowest BCUT2D eigenvalue weighted by Gasteiger charge is -2.19. The van der Waals surface area contributed by atoms with Crippen LogP contribution in [0, 0.1) is 0 Å². The van der Waals surface area contributed by atoms with Gasteiger partial charge in [0.15, 0.2) is 17.8 Å². The number of carboxylic acid groups (broad SMARTS) is 1. The highest BCUT2D eigenvalue weighted by Crippen LogP contribution is 2.16. The Labute approximate surface area is 299 Å². The first-order valence-corrected chi connectivity index (χ1v) is 20.4. The second kappa shape index (κ2) is 36.9. The standard InChI is InChI=1S/C41H74O8/c1-3-5-7-9-11-13-15-17-19-21-23-25-27-32-40(45)47-35-38(49-37(34-42)30-29-31-39(43)44)36-48-41(46)33-28-26-24-22-20-18-16-14-12-10-8-6-4-2/h38H,3-33,35-36H2,1-2H3,(H,43,44). The molecule has 0 aromatic heterocycles. The van der Waals surface area contributed by atoms with Crippen LogP contribution in [0.1, 0.15) is 213 Å². The van der Waals surface area contributed by atoms with Crippen LogP contribution in [0.25, 0.3) is 0 Å². The monoisotopic (exact) mass is 695 g/mol. The number of carbonyl (C=O) groups excluding carboxylic acids is 3. The van der Waals surface area contributed by atoms with E-state index >= 15 is 0 Å². The molecular weight excluding hydrogens is 620 g/mol. The highest BCUT2D eigenvalue weighted by Gasteiger charge is 2.19. The van der Waals surface area contributed by atoms with E-state index in [1.165, 1.54) is 128 Å². The number of carbonyl (C=O) groups is 3. The van der Waals surface area contributed by atoms with Gasteiger partial charge in [-0.05, 0) is 19.3 Å². The molecule has 0 radical (unpaired) electrons. The summed E-state index contributed by atoms with van der Waals surface area (Å²) in [6.45, 7) is 4.17. The van der Waals surface area contributed by atoms with Crippen molar-refractivity contribution in [2.45, 2.75) is 219 Å². The predicted octanol–water partition coefficient (Wildman–Crippen LogP) is 11.4. The van der Waals surface area contributed by atoms with Crippen molar-refractivity contribution in [3.63, 3.8) is 0 Å². The number of unbranched alkanes of at least 4 members (excludes halogenated alkanes) is 24. The largest absolute Gasteiger partial charge is 0.481 e. The normalized spacial score (nSPS) is 11.0. The molecule has 0 amide bonds. The van der Waals surface area contributed by atoms with E-state index in [-0.39, 0.29) is 50.2 Å². The summed E-state index contributed by atoms with van der Waals surface area (Å²) in [5.74, 6) is -0.0176. The van der Waals surface area contributed by atoms with Crippen LogP contribution in [0.5, 0.6) is 0 Å². The topological polar surface area (TPSA) is 116 Å². The summed E-state index contributed by atoms with van der Waals surface area (Å²) in [6, 6.07) is 0. The number of ether oxygens (including phenoxy) is 3. The SMILES string of the molecule is CCCCCCCCCCCCCCCC(=O)OCC(COC(=O)CCCCCCCCCCCCCCC)OC(=C=O)CCCC(=O)O. The van der Waals surface area contributed by atoms with E-state index in [1.807, 2.05) is 0 Å². The summed E-state index contributed by atoms with van der Waals surface area (Å²) in [7, 11) is 0. The molecule has 49 heavy (non-hydrogen) atoms. The molecule has 8 heteroatoms. The molecule has 0 aliphatic carbocycles. The van der Waals surface area contributed by atoms with Crippen molar-refractivity contribution < 1.29 is 38.5 Å². The number of rotatable bonds is 38. The molecule has 1 N–H and O–H groups in total. The average Bonchev–Trinajstić information content (AvgIpc) is 3.09. The second-order valence-electron chi connectivity index (χ2n) is 13.9. The van der Waals surface area contributed by atoms with Crippen LogP contribution < -0.4 is 0 Å². The molecule has 8 nitrogen and oxygen atoms in total. The van der Waals surface area contributed by atoms with Gasteiger partial charge in [0.05, 0.1) is 0 Å². The van der Waals surface area contributed by atoms with Crippen LogP contribution in [0.2, 0.25) is 0 Å². The van der Waals surface area contributed by atoms with E-state index in [9.17, 15) is 19.2 Å². The Morgan fingerprint density at radius 2 is 0.796 bits per heavy atom. The van der Waals surface area contributed by atoms with Crippen molar-refractivity contribution >= 4 is 23.8 Å². The Hall–Kier alpha value is -2.34. The van der Waals surface area contributed by atoms with Gasteiger partial charge >= 0.3 is 17.9 Å². The third-order valence-corrected chi connectivity index (χ3v) is 9.05. The van der Waals surface area contributed by atoms with Crippen molar-refractivity contribution in [1.29, 1.82) is 0 Å². The predicted molar refractivity (Wildman–Crippen MR) is 198 cm³/mol. The van der Waals surface area contributed by atoms with E-state index in [0.717, 1.165) is 38.5 Å². The van der Waals surface area contributed by atoms with Crippen molar-refractivity contribution in [2.24, 2.45) is 0 Å². The van der Waals surface area contributed by atoms with E-state index in [4.69, 9.17) is 19.3 Å². The zero-order chi connectivity index (χ0) is 36.0. The summed E-state index contributed by atoms with van der Waals surface area (Å²) in [5, 5.41) is 8.89. The van der Waals surface area contributed by atoms with E-state index in [0.29, 0.717) is 12.8 Å². The Kier molecular flexibility index (Phi) is 35.2. The zero-order valence-electron chi connectivity index (χ0n) is 31.7. The minimum absolute atomic E-state index is 0.0636. The van der Waals surface area contributed by atoms with E-state index in [2.05, 4.69) is 13.8 Å². The molecular formula is C41H74O8. The minimum Gasteiger partial charge on any atom is -0.481 e. The summed E-state index contributed by atoms with van der Waals surface area (Å²) < 4.78 is 16.5. The molecule has 0 saturated carbocycles. The smallest absolute Gasteiger partial charge is 0.305 e. The fraction of sp³-hybridized carbons (Fsp3) is 0.878. The third-order valence-electron chi connectivity index (χ3n) is 9.05. The van der Waals surface area contributed by atoms with Crippen LogP contribution in [0.15, 0.2) is 5.76 Å². The maximum atomic E-state index is 12.4. The molecule has 0 aromatic rings. The lowest BCUT2D eigenvalue weighted by Crippen LogP contribution is -2.28. The Morgan fingerprint density at radius 1 is 0.469 bits per heavy atom. The summed E-state index contributed by atoms with van der Waals surface area (Å²) in [5.41, 5.74) is 0. The minimum atomic E-state index is -0.967. The molecule has 0 saturated heterocycles. The molecule has 0 fully saturated rings. The molecule has 0 rings (SSSR count). The number of carboxylic acids is 1. The van der Waals surface area contributed by atoms with Crippen LogP contribution in [0.3, 0.4) is 0 Å². The Bertz CT molecular complexity index is 789. The van der Waals surface area contributed by atoms with Gasteiger partial charge in [0.2, 0.25) is 0 Å². The molecule has 286 valence electrons. The lowest BCUT2D eigenvalue weighted by atomic mass is 10.0. The van der Waals surface area contributed by atoms with Gasteiger partial charge in [0, 0.05) is 25.7 Å². The van der Waals surface area contributed by atoms with Gasteiger partial charge in [0.1, 0.15) is 13.2 Å². The molecule has 0 bridgehead atoms. The van der Waals surface area contributed by atoms with Crippen LogP contribution in [0.4, 0.5) is 0 Å². The van der Waals surface area contributed by atoms with E-state index < -0.39 is 12.1 Å². The molecule has 0 heterocycles. The van der Waals surface area contributed by atoms with Gasteiger partial charge in [-0.2, -0.15) is 0 Å². The first-order valence-electron chi connectivity index (χ1n) is 20.4. The average molecular weight is 695 g/mol. The van der Waals surface area contributed by atoms with Crippen molar-refractivity contribution in [1.82, 2.24) is 0 Å². The second-order valence-corrected chi connectivity index (χ2v) is 13.9. The van der Waals surface area contributed by atoms with Gasteiger partial charge in [0.25, 0.3) is 0 Å². The number of hydrogen-bond acceptors (Lipinski definition) is 7. The van der Waals surface area contributed by atoms with Crippen molar-refractivity contribution in [3.8, 4) is 0 Å². The van der Waals surface area contributed by atoms with Crippen LogP contribution in [-0.2, 0) is 33.4 Å². The van der Waals surface area contributed by atoms with Gasteiger partial charge in [-0.1, -0.05) is 168 Å². The third kappa shape index (κ3) is 35.3. The molecule has 0 aromatic carbocycles. The first kappa shape index (κ1) is 46.7. The first-order chi connectivity index (χ1) is 23.9. The van der Waals surface area contributed by atoms with Crippen LogP contribution >= 0.6 is 0 Å². The number of aliphatic carboxylic acids is 1. The lowest BCUT2D eigenvalue weighted by molar-refractivity contribution is -0.153. The zero-order valence-corrected chi connectivity index (χ0v) is 31.7. The fourth-order valence-electron chi connectivity index (χ4n) is 5.94. The van der Waals surface area contributed by atoms with Crippen molar-refractivity contribution in [3.05, 3.63) is 5.76 Å². The molecule has 0 unspecified atom stereocenters. The van der Waals surface area contributed by atoms with Gasteiger partial charge in [-0.3, -0.25) is 14.4 Å². The van der Waals surface area contributed by atoms with Crippen LogP contribution in [-0.4, -0.2) is 48.3 Å². The maximum absolute atomic E-state index is 12.4. The number of hydrogen-bond donors (Lipinski definition) is 1. The summed E-state index contributed by atoms with van der Waals surface area (Å²) in [4.78, 5) is 47.1. The van der Waals surface area contributed by atoms with Gasteiger partial charge < -0.3 is 19.3 Å². The molecule has 0 atom stereocenters. The fourth-order valence-corrected chi connectivity index (χ4v) is 5.94. The van der Waals surface area contributed by atoms with Gasteiger partial charge in [-0.15, -0.1) is 0 Å². The quantitative estimate of drug-likeness (QED) is 0.0294. The highest BCUT2D eigenvalue weighted by atomic mass is 16.6. The summed E-state index contributed by atoms with van der Waals surface area (Å²) >= 11 is 0. The number of allylic oxidation sites excluding steroid dienone is 1. The Balaban J connectivity index is 4.25. The number of esters is 2. The maximum Gasteiger partial charge on any atom is 0.305 e. The molecule has 0 aliphatic heterocycles. The highest BCUT2D eigenvalue weighted by molar-refractivity contribution is 5.70. The Morgan fingerprint density at radius 3 is 1.10 bits per heavy atom. The summed E-state index contributed by atoms with van der Waals surface area (Å²) in [6.07, 6.45) is 31.8. The molecule has 0 aliphatic rings. The van der Waals surface area contributed by atoms with Crippen molar-refractivity contribution in [2.75, 3.05) is 13.2 Å². The van der Waals surface area contributed by atoms with E-state index in [1.54, 1.807) is 5.94 Å². The molecule has 0 spiro atoms.